The van der Waals surface area contributed by atoms with Gasteiger partial charge in [0.2, 0.25) is 0 Å². The van der Waals surface area contributed by atoms with Crippen molar-refractivity contribution in [2.24, 2.45) is 0 Å². The summed E-state index contributed by atoms with van der Waals surface area (Å²) in [5, 5.41) is 0.863. The minimum atomic E-state index is 0.396. The van der Waals surface area contributed by atoms with Gasteiger partial charge in [-0.15, -0.1) is 0 Å². The van der Waals surface area contributed by atoms with Crippen LogP contribution in [-0.4, -0.2) is 0 Å². The molecule has 0 aliphatic rings. The minimum absolute atomic E-state index is 0.396. The maximum Gasteiger partial charge on any atom is 0.175 e. The summed E-state index contributed by atoms with van der Waals surface area (Å²) in [6, 6.07) is 14.7. The lowest BCUT2D eigenvalue weighted by molar-refractivity contribution is 0.405. The summed E-state index contributed by atoms with van der Waals surface area (Å²) in [6.45, 7) is 0. The third-order valence-corrected chi connectivity index (χ3v) is 2.77. The number of rotatable bonds is 3. The van der Waals surface area contributed by atoms with E-state index in [-0.39, 0.29) is 0 Å². The third kappa shape index (κ3) is 2.60. The van der Waals surface area contributed by atoms with Crippen molar-refractivity contribution >= 4 is 28.9 Å². The smallest absolute Gasteiger partial charge is 0.175 e. The van der Waals surface area contributed by atoms with Gasteiger partial charge in [0.1, 0.15) is 5.02 Å². The molecule has 2 nitrogen and oxygen atoms in total. The van der Waals surface area contributed by atoms with Crippen LogP contribution in [0.4, 0.5) is 5.69 Å². The van der Waals surface area contributed by atoms with Crippen LogP contribution < -0.4 is 10.3 Å². The highest BCUT2D eigenvalue weighted by Gasteiger charge is 2.05. The second-order valence-corrected chi connectivity index (χ2v) is 3.91. The molecule has 0 bridgehead atoms. The number of hydrogen-bond donors (Lipinski definition) is 1. The van der Waals surface area contributed by atoms with Crippen molar-refractivity contribution in [3.8, 4) is 5.75 Å². The van der Waals surface area contributed by atoms with Gasteiger partial charge in [-0.2, -0.15) is 0 Å². The van der Waals surface area contributed by atoms with Gasteiger partial charge in [0, 0.05) is 0 Å². The van der Waals surface area contributed by atoms with Crippen LogP contribution in [0.2, 0.25) is 10.0 Å². The zero-order valence-corrected chi connectivity index (χ0v) is 9.79. The van der Waals surface area contributed by atoms with Gasteiger partial charge in [0.05, 0.1) is 10.7 Å². The fraction of sp³-hybridized carbons (Fsp3) is 0. The van der Waals surface area contributed by atoms with Gasteiger partial charge in [-0.25, -0.2) is 5.48 Å². The molecule has 16 heavy (non-hydrogen) atoms. The molecule has 0 radical (unpaired) electrons. The Morgan fingerprint density at radius 1 is 0.875 bits per heavy atom. The molecule has 0 saturated heterocycles. The predicted octanol–water partition coefficient (Wildman–Crippen LogP) is 4.40. The maximum atomic E-state index is 5.96. The Balaban J connectivity index is 2.08. The van der Waals surface area contributed by atoms with Gasteiger partial charge in [-0.3, -0.25) is 0 Å². The van der Waals surface area contributed by atoms with Crippen LogP contribution >= 0.6 is 23.2 Å². The molecule has 0 atom stereocenters. The first kappa shape index (κ1) is 11.1. The van der Waals surface area contributed by atoms with Gasteiger partial charge < -0.3 is 4.84 Å². The van der Waals surface area contributed by atoms with E-state index in [0.717, 1.165) is 5.69 Å². The van der Waals surface area contributed by atoms with Crippen molar-refractivity contribution in [3.05, 3.63) is 58.6 Å². The third-order valence-electron chi connectivity index (χ3n) is 1.97. The molecule has 0 heterocycles. The molecule has 1 N–H and O–H groups in total. The Morgan fingerprint density at radius 3 is 2.38 bits per heavy atom. The van der Waals surface area contributed by atoms with Crippen molar-refractivity contribution in [1.82, 2.24) is 0 Å². The summed E-state index contributed by atoms with van der Waals surface area (Å²) in [7, 11) is 0. The van der Waals surface area contributed by atoms with Crippen LogP contribution in [0.25, 0.3) is 0 Å². The van der Waals surface area contributed by atoms with E-state index in [9.17, 15) is 0 Å². The lowest BCUT2D eigenvalue weighted by Gasteiger charge is -2.09. The standard InChI is InChI=1S/C12H9Cl2NO/c13-10-7-4-8-11(12(10)14)16-15-9-5-2-1-3-6-9/h1-8,15H. The first-order valence-corrected chi connectivity index (χ1v) is 5.45. The average molecular weight is 254 g/mol. The van der Waals surface area contributed by atoms with E-state index in [0.29, 0.717) is 15.8 Å². The fourth-order valence-corrected chi connectivity index (χ4v) is 1.51. The summed E-state index contributed by atoms with van der Waals surface area (Å²) in [5.41, 5.74) is 3.63. The molecule has 4 heteroatoms. The predicted molar refractivity (Wildman–Crippen MR) is 67.2 cm³/mol. The molecule has 2 rings (SSSR count). The number of benzene rings is 2. The number of hydrogen-bond acceptors (Lipinski definition) is 2. The first-order valence-electron chi connectivity index (χ1n) is 4.69. The molecule has 2 aromatic carbocycles. The first-order chi connectivity index (χ1) is 7.77. The maximum absolute atomic E-state index is 5.96. The average Bonchev–Trinajstić information content (AvgIpc) is 2.32. The van der Waals surface area contributed by atoms with E-state index >= 15 is 0 Å². The largest absolute Gasteiger partial charge is 0.381 e. The molecule has 0 aromatic heterocycles. The van der Waals surface area contributed by atoms with Crippen molar-refractivity contribution < 1.29 is 4.84 Å². The molecule has 0 aliphatic heterocycles. The summed E-state index contributed by atoms with van der Waals surface area (Å²) >= 11 is 11.8. The van der Waals surface area contributed by atoms with Gasteiger partial charge >= 0.3 is 0 Å². The highest BCUT2D eigenvalue weighted by atomic mass is 35.5. The summed E-state index contributed by atoms with van der Waals surface area (Å²) < 4.78 is 0. The normalized spacial score (nSPS) is 9.88. The summed E-state index contributed by atoms with van der Waals surface area (Å²) in [4.78, 5) is 5.34. The molecule has 82 valence electrons. The molecule has 0 fully saturated rings. The number of halogens is 2. The van der Waals surface area contributed by atoms with Gasteiger partial charge in [0.25, 0.3) is 0 Å². The number of nitrogens with one attached hydrogen (secondary N) is 1. The van der Waals surface area contributed by atoms with Crippen LogP contribution in [0, 0.1) is 0 Å². The van der Waals surface area contributed by atoms with Crippen LogP contribution in [0.1, 0.15) is 0 Å². The van der Waals surface area contributed by atoms with Crippen LogP contribution in [-0.2, 0) is 0 Å². The Bertz CT molecular complexity index is 474. The quantitative estimate of drug-likeness (QED) is 0.819. The molecule has 0 amide bonds. The summed E-state index contributed by atoms with van der Waals surface area (Å²) in [5.74, 6) is 0.498. The topological polar surface area (TPSA) is 21.3 Å². The zero-order valence-electron chi connectivity index (χ0n) is 8.28. The Kier molecular flexibility index (Phi) is 3.54. The van der Waals surface area contributed by atoms with Crippen LogP contribution in [0.5, 0.6) is 5.75 Å². The molecule has 0 unspecified atom stereocenters. The molecule has 0 saturated carbocycles. The highest BCUT2D eigenvalue weighted by molar-refractivity contribution is 6.42. The zero-order chi connectivity index (χ0) is 11.4. The molecule has 0 aliphatic carbocycles. The van der Waals surface area contributed by atoms with Crippen molar-refractivity contribution in [1.29, 1.82) is 0 Å². The van der Waals surface area contributed by atoms with E-state index in [1.807, 2.05) is 30.3 Å². The Morgan fingerprint density at radius 2 is 1.62 bits per heavy atom. The van der Waals surface area contributed by atoms with Gasteiger partial charge in [-0.05, 0) is 24.3 Å². The van der Waals surface area contributed by atoms with Crippen molar-refractivity contribution in [2.75, 3.05) is 5.48 Å². The van der Waals surface area contributed by atoms with Crippen molar-refractivity contribution in [2.45, 2.75) is 0 Å². The van der Waals surface area contributed by atoms with E-state index in [4.69, 9.17) is 28.0 Å². The molecule has 2 aromatic rings. The number of para-hydroxylation sites is 1. The lowest BCUT2D eigenvalue weighted by Crippen LogP contribution is -2.04. The summed E-state index contributed by atoms with van der Waals surface area (Å²) in [6.07, 6.45) is 0. The highest BCUT2D eigenvalue weighted by Crippen LogP contribution is 2.31. The van der Waals surface area contributed by atoms with E-state index < -0.39 is 0 Å². The van der Waals surface area contributed by atoms with E-state index in [2.05, 4.69) is 5.48 Å². The fourth-order valence-electron chi connectivity index (χ4n) is 1.18. The van der Waals surface area contributed by atoms with E-state index in [1.165, 1.54) is 0 Å². The Labute approximate surface area is 104 Å². The molecular weight excluding hydrogens is 245 g/mol. The SMILES string of the molecule is Clc1cccc(ONc2ccccc2)c1Cl. The number of anilines is 1. The lowest BCUT2D eigenvalue weighted by atomic mass is 10.3. The van der Waals surface area contributed by atoms with Gasteiger partial charge in [0.15, 0.2) is 5.75 Å². The molecular formula is C12H9Cl2NO. The Hall–Kier alpha value is -1.38. The second kappa shape index (κ2) is 5.10. The minimum Gasteiger partial charge on any atom is -0.381 e. The second-order valence-electron chi connectivity index (χ2n) is 3.12. The van der Waals surface area contributed by atoms with E-state index in [1.54, 1.807) is 18.2 Å². The van der Waals surface area contributed by atoms with Gasteiger partial charge in [-0.1, -0.05) is 47.5 Å². The van der Waals surface area contributed by atoms with Crippen LogP contribution in [0.15, 0.2) is 48.5 Å². The molecule has 0 spiro atoms. The van der Waals surface area contributed by atoms with Crippen molar-refractivity contribution in [3.63, 3.8) is 0 Å². The van der Waals surface area contributed by atoms with Crippen LogP contribution in [0.3, 0.4) is 0 Å². The monoisotopic (exact) mass is 253 g/mol.